The van der Waals surface area contributed by atoms with Crippen molar-refractivity contribution in [3.05, 3.63) is 35.4 Å². The van der Waals surface area contributed by atoms with Crippen molar-refractivity contribution in [1.29, 1.82) is 0 Å². The molecule has 83 heavy (non-hydrogen) atoms. The summed E-state index contributed by atoms with van der Waals surface area (Å²) in [6, 6.07) is -7.06. The molecule has 5 aliphatic rings. The molecule has 2 aromatic rings. The van der Waals surface area contributed by atoms with E-state index in [1.165, 1.54) is 37.9 Å². The second-order valence-electron chi connectivity index (χ2n) is 21.4. The first-order chi connectivity index (χ1) is 39.4. The number of ketones is 2. The zero-order chi connectivity index (χ0) is 60.6. The number of hydrogen-bond donors (Lipinski definition) is 12. The van der Waals surface area contributed by atoms with E-state index in [2.05, 4.69) is 42.2 Å². The van der Waals surface area contributed by atoms with Gasteiger partial charge in [0.2, 0.25) is 64.1 Å². The molecule has 3 unspecified atom stereocenters. The van der Waals surface area contributed by atoms with Crippen LogP contribution in [-0.4, -0.2) is 211 Å². The third kappa shape index (κ3) is 15.2. The zero-order valence-corrected chi connectivity index (χ0v) is 47.8. The fraction of sp³-hybridized carbons (Fsp3) is 0.585. The highest BCUT2D eigenvalue weighted by Gasteiger charge is 2.46. The monoisotopic (exact) mass is 1200 g/mol. The van der Waals surface area contributed by atoms with Gasteiger partial charge < -0.3 is 82.3 Å². The Kier molecular flexibility index (Phi) is 21.4. The predicted octanol–water partition coefficient (Wildman–Crippen LogP) is -4.68. The van der Waals surface area contributed by atoms with E-state index in [0.717, 1.165) is 4.90 Å². The zero-order valence-electron chi connectivity index (χ0n) is 46.2. The number of benzene rings is 1. The lowest BCUT2D eigenvalue weighted by molar-refractivity contribution is -0.144. The minimum atomic E-state index is -2.47. The van der Waals surface area contributed by atoms with Gasteiger partial charge in [0.15, 0.2) is 17.6 Å². The van der Waals surface area contributed by atoms with Crippen LogP contribution in [0.1, 0.15) is 70.4 Å². The molecule has 7 rings (SSSR count). The molecule has 13 N–H and O–H groups in total. The van der Waals surface area contributed by atoms with Crippen molar-refractivity contribution in [2.75, 3.05) is 52.2 Å². The molecule has 1 aromatic carbocycles. The van der Waals surface area contributed by atoms with Crippen molar-refractivity contribution in [1.82, 2.24) is 52.0 Å². The summed E-state index contributed by atoms with van der Waals surface area (Å²) in [7, 11) is 1.41. The molecule has 1 aliphatic carbocycles. The summed E-state index contributed by atoms with van der Waals surface area (Å²) in [6.45, 7) is 2.35. The minimum Gasteiger partial charge on any atom is -0.610 e. The lowest BCUT2D eigenvalue weighted by Crippen LogP contribution is -2.62. The first-order valence-corrected chi connectivity index (χ1v) is 29.6. The Morgan fingerprint density at radius 1 is 0.867 bits per heavy atom. The van der Waals surface area contributed by atoms with Crippen LogP contribution in [0.25, 0.3) is 10.9 Å². The van der Waals surface area contributed by atoms with Crippen molar-refractivity contribution >= 4 is 104 Å². The van der Waals surface area contributed by atoms with Gasteiger partial charge >= 0.3 is 0 Å². The number of aromatic amines is 1. The molecule has 28 nitrogen and oxygen atoms in total. The lowest BCUT2D eigenvalue weighted by atomic mass is 9.93. The number of rotatable bonds is 14. The number of aliphatic hydroxyl groups excluding tert-OH is 3. The van der Waals surface area contributed by atoms with E-state index in [9.17, 15) is 72.9 Å². The van der Waals surface area contributed by atoms with Crippen molar-refractivity contribution < 1.29 is 82.1 Å². The second-order valence-corrected chi connectivity index (χ2v) is 24.1. The van der Waals surface area contributed by atoms with Crippen LogP contribution in [0, 0.1) is 17.8 Å². The molecule has 452 valence electrons. The number of nitrogens with one attached hydrogen (secondary N) is 8. The largest absolute Gasteiger partial charge is 0.610 e. The normalized spacial score (nSPS) is 27.6. The van der Waals surface area contributed by atoms with Crippen LogP contribution < -0.4 is 47.7 Å². The topological polar surface area (TPSA) is 430 Å². The summed E-state index contributed by atoms with van der Waals surface area (Å²) >= 11 is -1.02. The number of carbonyl (C=O) groups is 12. The number of primary amides is 1. The van der Waals surface area contributed by atoms with Crippen LogP contribution in [0.2, 0.25) is 0 Å². The van der Waals surface area contributed by atoms with E-state index in [4.69, 9.17) is 10.5 Å². The van der Waals surface area contributed by atoms with E-state index in [1.54, 1.807) is 30.9 Å². The summed E-state index contributed by atoms with van der Waals surface area (Å²) in [6.07, 6.45) is -1.56. The third-order valence-corrected chi connectivity index (χ3v) is 18.5. The number of likely N-dealkylation sites (tertiary alicyclic amines) is 1. The van der Waals surface area contributed by atoms with Gasteiger partial charge in [0.25, 0.3) is 0 Å². The van der Waals surface area contributed by atoms with Crippen LogP contribution >= 0.6 is 11.8 Å². The van der Waals surface area contributed by atoms with Crippen LogP contribution in [-0.2, 0) is 80.9 Å². The fourth-order valence-corrected chi connectivity index (χ4v) is 13.3. The number of carbonyl (C=O) groups excluding carboxylic acids is 12. The second kappa shape index (κ2) is 28.0. The molecular weight excluding hydrogens is 1130 g/mol. The van der Waals surface area contributed by atoms with Gasteiger partial charge in [-0.15, -0.1) is 0 Å². The fourth-order valence-electron chi connectivity index (χ4n) is 10.7. The Balaban J connectivity index is 1.35. The standard InChI is InChI=1S/C53H71N11O17S2/c1-5-24(2)44-50(77)56-17-41(71)57-34-23-83(80)52-30(28-6-10-39(81-4)31(46(28)62-52)22-82-27-12-13-63(20-27)43(73)11-7-29-36(67)8-9-37(29)68)15-32(47(74)55-18-42(72)60-44)58-51(78)45(25(3)38(69)21-65)61-49(76)35-14-26(66)19-64(35)53(79)33(16-40(54)70)59-48(34)75/h6,8-10,24-27,29,32-35,38,44-45,62,65-66,69H,5,7,11-23H2,1-4H3,(H2,54,70)(H,55,74)(H,56,77)(H,57,71)(H,58,78)(H,59,75)(H,60,72)(H,61,76)/t24-,25-,26?,27?,32-,33-,34-,35-,38-,44-,45-,83?/m0/s1. The van der Waals surface area contributed by atoms with Gasteiger partial charge in [0, 0.05) is 83.5 Å². The number of nitrogens with two attached hydrogens (primary N) is 1. The first-order valence-electron chi connectivity index (χ1n) is 27.3. The SMILES string of the molecule is CC[C@H](C)[C@@H]1NC(=O)CNC(=O)[C@@H]2Cc3c([nH]c4c(CSC5CCN(C(=O)CCC6C(=O)C=CC6=O)C5)c(OC)ccc34)[S+]([O-])C[C@H](NC(=O)CNC1=O)C(=O)N[C@@H](CC(N)=O)C(=O)N1CC(O)C[C@H]1C(=O)N[C@@H]([C@@H](C)[C@@H](O)CO)C(=O)N2. The summed E-state index contributed by atoms with van der Waals surface area (Å²) in [5.41, 5.74) is 6.46. The number of aromatic nitrogens is 1. The van der Waals surface area contributed by atoms with Crippen molar-refractivity contribution in [3.63, 3.8) is 0 Å². The first kappa shape index (κ1) is 63.5. The molecule has 2 saturated heterocycles. The van der Waals surface area contributed by atoms with Crippen molar-refractivity contribution in [3.8, 4) is 5.75 Å². The predicted molar refractivity (Wildman–Crippen MR) is 295 cm³/mol. The summed E-state index contributed by atoms with van der Waals surface area (Å²) in [4.78, 5) is 170. The maximum Gasteiger partial charge on any atom is 0.248 e. The molecule has 4 aliphatic heterocycles. The number of nitrogens with zero attached hydrogens (tertiary/aromatic N) is 2. The number of fused-ring (bicyclic) bond motifs is 5. The van der Waals surface area contributed by atoms with E-state index >= 15 is 4.55 Å². The molecule has 0 spiro atoms. The number of amides is 10. The highest BCUT2D eigenvalue weighted by atomic mass is 32.2. The smallest absolute Gasteiger partial charge is 0.248 e. The van der Waals surface area contributed by atoms with Gasteiger partial charge in [-0.2, -0.15) is 11.8 Å². The van der Waals surface area contributed by atoms with Crippen LogP contribution in [0.15, 0.2) is 29.3 Å². The number of ether oxygens (including phenoxy) is 1. The number of H-pyrrole nitrogens is 1. The highest BCUT2D eigenvalue weighted by molar-refractivity contribution is 7.99. The Morgan fingerprint density at radius 2 is 1.55 bits per heavy atom. The van der Waals surface area contributed by atoms with Gasteiger partial charge in [-0.05, 0) is 43.0 Å². The highest BCUT2D eigenvalue weighted by Crippen LogP contribution is 2.39. The van der Waals surface area contributed by atoms with Gasteiger partial charge in [0.05, 0.1) is 56.9 Å². The number of methoxy groups -OCH3 is 1. The maximum absolute atomic E-state index is 15.3. The van der Waals surface area contributed by atoms with Gasteiger partial charge in [-0.1, -0.05) is 27.2 Å². The molecule has 12 atom stereocenters. The molecule has 0 saturated carbocycles. The number of hydrogen-bond acceptors (Lipinski definition) is 18. The molecule has 5 heterocycles. The number of thioether (sulfide) groups is 1. The van der Waals surface area contributed by atoms with E-state index < -0.39 is 182 Å². The average Bonchev–Trinajstić information content (AvgIpc) is 4.47. The Hall–Kier alpha value is -7.12. The van der Waals surface area contributed by atoms with Gasteiger partial charge in [0.1, 0.15) is 41.7 Å². The average molecular weight is 1200 g/mol. The molecule has 10 amide bonds. The van der Waals surface area contributed by atoms with Gasteiger partial charge in [-0.3, -0.25) is 57.5 Å². The molecule has 0 radical (unpaired) electrons. The molecule has 30 heteroatoms. The quantitative estimate of drug-likeness (QED) is 0.0625. The Labute approximate surface area is 483 Å². The summed E-state index contributed by atoms with van der Waals surface area (Å²) in [5, 5.41) is 49.3. The maximum atomic E-state index is 15.3. The van der Waals surface area contributed by atoms with Crippen LogP contribution in [0.5, 0.6) is 5.75 Å². The third-order valence-electron chi connectivity index (χ3n) is 15.7. The summed E-state index contributed by atoms with van der Waals surface area (Å²) < 4.78 is 21.2. The van der Waals surface area contributed by atoms with Crippen molar-refractivity contribution in [2.24, 2.45) is 23.5 Å². The Bertz CT molecular complexity index is 2900. The Morgan fingerprint density at radius 3 is 2.22 bits per heavy atom. The van der Waals surface area contributed by atoms with Gasteiger partial charge in [-0.25, -0.2) is 0 Å². The molecule has 1 aromatic heterocycles. The molecular formula is C53H71N11O17S2. The van der Waals surface area contributed by atoms with Crippen LogP contribution in [0.4, 0.5) is 0 Å². The van der Waals surface area contributed by atoms with E-state index in [-0.39, 0.29) is 51.9 Å². The minimum absolute atomic E-state index is 0.0112. The summed E-state index contributed by atoms with van der Waals surface area (Å²) in [5.74, 6) is -13.4. The van der Waals surface area contributed by atoms with Crippen LogP contribution in [0.3, 0.4) is 0 Å². The number of allylic oxidation sites excluding steroid dienone is 2. The molecule has 2 bridgehead atoms. The van der Waals surface area contributed by atoms with E-state index in [0.29, 0.717) is 48.1 Å². The molecule has 2 fully saturated rings. The van der Waals surface area contributed by atoms with Crippen molar-refractivity contribution in [2.45, 2.75) is 130 Å². The number of aliphatic hydroxyl groups is 3. The lowest BCUT2D eigenvalue weighted by Gasteiger charge is -2.32. The van der Waals surface area contributed by atoms with E-state index in [1.807, 2.05) is 0 Å².